The predicted molar refractivity (Wildman–Crippen MR) is 74.3 cm³/mol. The molecule has 2 rings (SSSR count). The van der Waals surface area contributed by atoms with Crippen LogP contribution < -0.4 is 5.73 Å². The van der Waals surface area contributed by atoms with Gasteiger partial charge in [0, 0.05) is 11.6 Å². The van der Waals surface area contributed by atoms with E-state index in [2.05, 4.69) is 38.1 Å². The Morgan fingerprint density at radius 2 is 1.82 bits per heavy atom. The quantitative estimate of drug-likeness (QED) is 0.848. The van der Waals surface area contributed by atoms with E-state index in [1.165, 1.54) is 22.3 Å². The van der Waals surface area contributed by atoms with Crippen molar-refractivity contribution in [2.24, 2.45) is 5.73 Å². The fraction of sp³-hybridized carbons (Fsp3) is 0.200. The molecule has 0 radical (unpaired) electrons. The van der Waals surface area contributed by atoms with Gasteiger partial charge in [-0.15, -0.1) is 0 Å². The fourth-order valence-electron chi connectivity index (χ4n) is 2.04. The van der Waals surface area contributed by atoms with Crippen molar-refractivity contribution >= 4 is 11.6 Å². The summed E-state index contributed by atoms with van der Waals surface area (Å²) in [5.41, 5.74) is 11.6. The van der Waals surface area contributed by atoms with Crippen molar-refractivity contribution in [1.29, 1.82) is 0 Å². The molecule has 2 aromatic rings. The van der Waals surface area contributed by atoms with Crippen LogP contribution in [0, 0.1) is 13.8 Å². The maximum absolute atomic E-state index is 6.07. The molecular weight excluding hydrogens is 230 g/mol. The second-order valence-electron chi connectivity index (χ2n) is 4.33. The number of halogens is 1. The van der Waals surface area contributed by atoms with Crippen LogP contribution in [-0.4, -0.2) is 0 Å². The van der Waals surface area contributed by atoms with Crippen molar-refractivity contribution in [1.82, 2.24) is 0 Å². The SMILES string of the molecule is Cc1ccc(-c2ccc(Cl)c(CN)c2)c(C)c1. The lowest BCUT2D eigenvalue weighted by molar-refractivity contribution is 1.07. The highest BCUT2D eigenvalue weighted by molar-refractivity contribution is 6.31. The van der Waals surface area contributed by atoms with Crippen molar-refractivity contribution in [3.05, 3.63) is 58.1 Å². The summed E-state index contributed by atoms with van der Waals surface area (Å²) in [5.74, 6) is 0. The van der Waals surface area contributed by atoms with E-state index >= 15 is 0 Å². The van der Waals surface area contributed by atoms with Crippen LogP contribution >= 0.6 is 11.6 Å². The summed E-state index contributed by atoms with van der Waals surface area (Å²) >= 11 is 6.07. The lowest BCUT2D eigenvalue weighted by atomic mass is 9.97. The number of hydrogen-bond acceptors (Lipinski definition) is 1. The first-order valence-electron chi connectivity index (χ1n) is 5.68. The second-order valence-corrected chi connectivity index (χ2v) is 4.74. The van der Waals surface area contributed by atoms with Crippen LogP contribution in [0.2, 0.25) is 5.02 Å². The molecule has 0 saturated carbocycles. The predicted octanol–water partition coefficient (Wildman–Crippen LogP) is 4.08. The molecule has 0 atom stereocenters. The Morgan fingerprint density at radius 1 is 1.06 bits per heavy atom. The molecule has 2 heteroatoms. The first-order valence-corrected chi connectivity index (χ1v) is 6.05. The van der Waals surface area contributed by atoms with Gasteiger partial charge < -0.3 is 5.73 Å². The minimum Gasteiger partial charge on any atom is -0.326 e. The molecule has 2 aromatic carbocycles. The average Bonchev–Trinajstić information content (AvgIpc) is 2.30. The number of hydrogen-bond donors (Lipinski definition) is 1. The fourth-order valence-corrected chi connectivity index (χ4v) is 2.23. The van der Waals surface area contributed by atoms with E-state index in [4.69, 9.17) is 17.3 Å². The first-order chi connectivity index (χ1) is 8.11. The summed E-state index contributed by atoms with van der Waals surface area (Å²) in [5, 5.41) is 0.737. The van der Waals surface area contributed by atoms with E-state index < -0.39 is 0 Å². The lowest BCUT2D eigenvalue weighted by Crippen LogP contribution is -1.97. The molecule has 17 heavy (non-hydrogen) atoms. The summed E-state index contributed by atoms with van der Waals surface area (Å²) in [7, 11) is 0. The maximum atomic E-state index is 6.07. The van der Waals surface area contributed by atoms with Crippen LogP contribution in [0.15, 0.2) is 36.4 Å². The van der Waals surface area contributed by atoms with Crippen molar-refractivity contribution in [2.75, 3.05) is 0 Å². The van der Waals surface area contributed by atoms with Gasteiger partial charge in [-0.3, -0.25) is 0 Å². The molecular formula is C15H16ClN. The third-order valence-electron chi connectivity index (χ3n) is 2.96. The van der Waals surface area contributed by atoms with Crippen LogP contribution in [0.3, 0.4) is 0 Å². The smallest absolute Gasteiger partial charge is 0.0451 e. The van der Waals surface area contributed by atoms with Crippen LogP contribution in [0.5, 0.6) is 0 Å². The van der Waals surface area contributed by atoms with Crippen LogP contribution in [0.4, 0.5) is 0 Å². The Kier molecular flexibility index (Phi) is 3.51. The van der Waals surface area contributed by atoms with Gasteiger partial charge in [-0.25, -0.2) is 0 Å². The van der Waals surface area contributed by atoms with Crippen LogP contribution in [0.1, 0.15) is 16.7 Å². The van der Waals surface area contributed by atoms with Gasteiger partial charge in [0.15, 0.2) is 0 Å². The van der Waals surface area contributed by atoms with Crippen LogP contribution in [-0.2, 0) is 6.54 Å². The van der Waals surface area contributed by atoms with E-state index in [0.29, 0.717) is 6.54 Å². The van der Waals surface area contributed by atoms with E-state index in [1.54, 1.807) is 0 Å². The summed E-state index contributed by atoms with van der Waals surface area (Å²) in [4.78, 5) is 0. The minimum absolute atomic E-state index is 0.470. The Labute approximate surface area is 107 Å². The first kappa shape index (κ1) is 12.2. The molecule has 0 saturated heterocycles. The zero-order chi connectivity index (χ0) is 12.4. The molecule has 0 unspecified atom stereocenters. The maximum Gasteiger partial charge on any atom is 0.0451 e. The van der Waals surface area contributed by atoms with Gasteiger partial charge in [0.05, 0.1) is 0 Å². The molecule has 0 aromatic heterocycles. The van der Waals surface area contributed by atoms with Crippen molar-refractivity contribution in [3.63, 3.8) is 0 Å². The van der Waals surface area contributed by atoms with Gasteiger partial charge in [0.25, 0.3) is 0 Å². The molecule has 0 fully saturated rings. The number of aryl methyl sites for hydroxylation is 2. The van der Waals surface area contributed by atoms with Crippen LogP contribution in [0.25, 0.3) is 11.1 Å². The summed E-state index contributed by atoms with van der Waals surface area (Å²) in [6, 6.07) is 12.5. The molecule has 0 amide bonds. The number of benzene rings is 2. The standard InChI is InChI=1S/C15H16ClN/c1-10-3-5-14(11(2)7-10)12-4-6-15(16)13(8-12)9-17/h3-8H,9,17H2,1-2H3. The Bertz CT molecular complexity index is 547. The van der Waals surface area contributed by atoms with Crippen molar-refractivity contribution < 1.29 is 0 Å². The minimum atomic E-state index is 0.470. The molecule has 0 bridgehead atoms. The Hall–Kier alpha value is -1.31. The Morgan fingerprint density at radius 3 is 2.47 bits per heavy atom. The lowest BCUT2D eigenvalue weighted by Gasteiger charge is -2.09. The van der Waals surface area contributed by atoms with Gasteiger partial charge in [0.1, 0.15) is 0 Å². The molecule has 1 nitrogen and oxygen atoms in total. The van der Waals surface area contributed by atoms with Gasteiger partial charge in [-0.1, -0.05) is 41.4 Å². The highest BCUT2D eigenvalue weighted by atomic mass is 35.5. The monoisotopic (exact) mass is 245 g/mol. The van der Waals surface area contributed by atoms with Gasteiger partial charge in [-0.2, -0.15) is 0 Å². The van der Waals surface area contributed by atoms with E-state index in [9.17, 15) is 0 Å². The molecule has 0 spiro atoms. The van der Waals surface area contributed by atoms with E-state index in [1.807, 2.05) is 12.1 Å². The second kappa shape index (κ2) is 4.91. The number of rotatable bonds is 2. The third kappa shape index (κ3) is 2.51. The topological polar surface area (TPSA) is 26.0 Å². The zero-order valence-electron chi connectivity index (χ0n) is 10.1. The molecule has 0 aliphatic carbocycles. The molecule has 0 aliphatic heterocycles. The average molecular weight is 246 g/mol. The normalized spacial score (nSPS) is 10.6. The number of nitrogens with two attached hydrogens (primary N) is 1. The van der Waals surface area contributed by atoms with Gasteiger partial charge in [-0.05, 0) is 48.2 Å². The zero-order valence-corrected chi connectivity index (χ0v) is 10.9. The summed E-state index contributed by atoms with van der Waals surface area (Å²) < 4.78 is 0. The molecule has 0 heterocycles. The van der Waals surface area contributed by atoms with Gasteiger partial charge in [0.2, 0.25) is 0 Å². The highest BCUT2D eigenvalue weighted by Crippen LogP contribution is 2.27. The van der Waals surface area contributed by atoms with E-state index in [0.717, 1.165) is 10.6 Å². The van der Waals surface area contributed by atoms with Crippen molar-refractivity contribution in [2.45, 2.75) is 20.4 Å². The van der Waals surface area contributed by atoms with E-state index in [-0.39, 0.29) is 0 Å². The molecule has 2 N–H and O–H groups in total. The molecule has 88 valence electrons. The largest absolute Gasteiger partial charge is 0.326 e. The third-order valence-corrected chi connectivity index (χ3v) is 3.33. The summed E-state index contributed by atoms with van der Waals surface area (Å²) in [6.45, 7) is 4.70. The highest BCUT2D eigenvalue weighted by Gasteiger charge is 2.05. The van der Waals surface area contributed by atoms with Gasteiger partial charge >= 0.3 is 0 Å². The van der Waals surface area contributed by atoms with Crippen molar-refractivity contribution in [3.8, 4) is 11.1 Å². The Balaban J connectivity index is 2.53. The summed E-state index contributed by atoms with van der Waals surface area (Å²) in [6.07, 6.45) is 0. The molecule has 0 aliphatic rings.